The van der Waals surface area contributed by atoms with E-state index in [2.05, 4.69) is 10.6 Å². The molecule has 4 aromatic rings. The lowest BCUT2D eigenvalue weighted by Crippen LogP contribution is -2.71. The van der Waals surface area contributed by atoms with E-state index in [1.165, 1.54) is 31.2 Å². The first-order valence-electron chi connectivity index (χ1n) is 21.7. The Morgan fingerprint density at radius 2 is 1.06 bits per heavy atom. The van der Waals surface area contributed by atoms with Gasteiger partial charge in [-0.3, -0.25) is 24.5 Å². The molecule has 19 nitrogen and oxygen atoms in total. The summed E-state index contributed by atoms with van der Waals surface area (Å²) < 4.78 is 53.4. The number of alkyl carbamates (subject to hydrolysis) is 1. The number of hydrogen-bond donors (Lipinski definition) is 3. The van der Waals surface area contributed by atoms with Crippen LogP contribution in [0, 0.1) is 0 Å². The molecule has 4 aromatic carbocycles. The zero-order valence-corrected chi connectivity index (χ0v) is 37.5. The molecule has 0 saturated carbocycles. The third-order valence-electron chi connectivity index (χ3n) is 11.3. The van der Waals surface area contributed by atoms with Crippen molar-refractivity contribution in [3.8, 4) is 11.1 Å². The highest BCUT2D eigenvalue weighted by atomic mass is 16.7. The summed E-state index contributed by atoms with van der Waals surface area (Å²) in [7, 11) is 0. The van der Waals surface area contributed by atoms with Gasteiger partial charge < -0.3 is 53.7 Å². The average molecular weight is 938 g/mol. The SMILES string of the molecule is CC(=O)N[C@@H]1[C@@H](OC(=O)c2ccccc2)[C@H](O[C@@H]2O[C@H](COC(C)=O)[C@@H](OC(C)=O)[C@H](OC(C)=O)[C@H]2N)[C@@H](COC(=O)c2ccccc2)O[C@H]1NC(=O)OCC1c2ccccc2-c2ccccc21. The average Bonchev–Trinajstić information content (AvgIpc) is 3.64. The quantitative estimate of drug-likeness (QED) is 0.113. The van der Waals surface area contributed by atoms with E-state index in [1.54, 1.807) is 36.4 Å². The first-order chi connectivity index (χ1) is 32.7. The maximum atomic E-state index is 14.1. The van der Waals surface area contributed by atoms with Gasteiger partial charge >= 0.3 is 35.9 Å². The van der Waals surface area contributed by atoms with E-state index in [-0.39, 0.29) is 23.7 Å². The Balaban J connectivity index is 1.25. The van der Waals surface area contributed by atoms with Crippen molar-refractivity contribution in [2.24, 2.45) is 5.73 Å². The van der Waals surface area contributed by atoms with Gasteiger partial charge in [0, 0.05) is 33.6 Å². The van der Waals surface area contributed by atoms with Gasteiger partial charge in [-0.25, -0.2) is 14.4 Å². The fourth-order valence-electron chi connectivity index (χ4n) is 8.44. The van der Waals surface area contributed by atoms with Crippen molar-refractivity contribution >= 4 is 41.8 Å². The molecule has 7 rings (SSSR count). The highest BCUT2D eigenvalue weighted by molar-refractivity contribution is 5.90. The summed E-state index contributed by atoms with van der Waals surface area (Å²) in [6.07, 6.45) is -13.2. The predicted octanol–water partition coefficient (Wildman–Crippen LogP) is 3.70. The second-order valence-corrected chi connectivity index (χ2v) is 16.2. The third-order valence-corrected chi connectivity index (χ3v) is 11.3. The van der Waals surface area contributed by atoms with Gasteiger partial charge in [0.1, 0.15) is 44.2 Å². The molecular formula is C49H51N3O16. The number of carbonyl (C=O) groups is 7. The third kappa shape index (κ3) is 11.7. The van der Waals surface area contributed by atoms with E-state index < -0.39 is 116 Å². The van der Waals surface area contributed by atoms with Crippen LogP contribution in [0.15, 0.2) is 109 Å². The van der Waals surface area contributed by atoms with Gasteiger partial charge in [-0.1, -0.05) is 84.9 Å². The molecule has 2 heterocycles. The van der Waals surface area contributed by atoms with Crippen molar-refractivity contribution in [3.05, 3.63) is 131 Å². The van der Waals surface area contributed by atoms with Crippen molar-refractivity contribution in [1.29, 1.82) is 0 Å². The lowest BCUT2D eigenvalue weighted by atomic mass is 9.93. The largest absolute Gasteiger partial charge is 0.463 e. The molecule has 1 aliphatic carbocycles. The molecule has 0 radical (unpaired) electrons. The van der Waals surface area contributed by atoms with Crippen LogP contribution < -0.4 is 16.4 Å². The standard InChI is InChI=1S/C49H51N3O16/c1-26(53)51-40-44(67-47(58)31-17-9-6-10-18-31)42(68-48-39(50)43(64-29(4)56)41(63-28(3)55)38(66-48)24-60-27(2)54)37(25-61-46(57)30-15-7-5-8-16-30)65-45(40)52-49(59)62-23-36-34-21-13-11-19-32(34)33-20-12-14-22-35(33)36/h5-22,36-45,48H,23-25,50H2,1-4H3,(H,51,53)(H,52,59)/t37-,38-,39-,40-,41-,42-,43-,44-,45-,48+/m1/s1. The van der Waals surface area contributed by atoms with Crippen LogP contribution in [0.4, 0.5) is 4.79 Å². The van der Waals surface area contributed by atoms with Gasteiger partial charge in [0.15, 0.2) is 30.8 Å². The number of hydrogen-bond acceptors (Lipinski definition) is 17. The fourth-order valence-corrected chi connectivity index (χ4v) is 8.44. The summed E-state index contributed by atoms with van der Waals surface area (Å²) in [6, 6.07) is 28.4. The van der Waals surface area contributed by atoms with E-state index in [1.807, 2.05) is 48.5 Å². The molecule has 3 aliphatic rings. The number of amides is 2. The number of esters is 5. The molecule has 2 amide bonds. The minimum atomic E-state index is -1.69. The molecule has 0 bridgehead atoms. The summed E-state index contributed by atoms with van der Waals surface area (Å²) in [5.74, 6) is -5.04. The Kier molecular flexibility index (Phi) is 15.8. The minimum Gasteiger partial charge on any atom is -0.463 e. The Labute approximate surface area is 390 Å². The van der Waals surface area contributed by atoms with E-state index in [4.69, 9.17) is 48.4 Å². The van der Waals surface area contributed by atoms with Gasteiger partial charge in [-0.15, -0.1) is 0 Å². The fraction of sp³-hybridized carbons (Fsp3) is 0.367. The van der Waals surface area contributed by atoms with Crippen LogP contribution in [0.2, 0.25) is 0 Å². The van der Waals surface area contributed by atoms with E-state index >= 15 is 0 Å². The molecule has 2 fully saturated rings. The number of rotatable bonds is 15. The highest BCUT2D eigenvalue weighted by Gasteiger charge is 2.55. The summed E-state index contributed by atoms with van der Waals surface area (Å²) in [5, 5.41) is 5.37. The minimum absolute atomic E-state index is 0.0821. The van der Waals surface area contributed by atoms with Gasteiger partial charge in [-0.2, -0.15) is 0 Å². The molecule has 2 aliphatic heterocycles. The first-order valence-corrected chi connectivity index (χ1v) is 21.7. The molecule has 358 valence electrons. The predicted molar refractivity (Wildman–Crippen MR) is 236 cm³/mol. The van der Waals surface area contributed by atoms with Gasteiger partial charge in [-0.05, 0) is 46.5 Å². The van der Waals surface area contributed by atoms with Crippen LogP contribution in [-0.2, 0) is 61.8 Å². The molecule has 0 unspecified atom stereocenters. The highest BCUT2D eigenvalue weighted by Crippen LogP contribution is 2.44. The van der Waals surface area contributed by atoms with Crippen LogP contribution in [-0.4, -0.2) is 123 Å². The lowest BCUT2D eigenvalue weighted by Gasteiger charge is -2.49. The first kappa shape index (κ1) is 48.7. The maximum absolute atomic E-state index is 14.1. The lowest BCUT2D eigenvalue weighted by molar-refractivity contribution is -0.314. The van der Waals surface area contributed by atoms with Crippen molar-refractivity contribution in [3.63, 3.8) is 0 Å². The topological polar surface area (TPSA) is 253 Å². The van der Waals surface area contributed by atoms with Crippen molar-refractivity contribution in [1.82, 2.24) is 10.6 Å². The Bertz CT molecular complexity index is 2430. The van der Waals surface area contributed by atoms with Crippen LogP contribution in [0.25, 0.3) is 11.1 Å². The maximum Gasteiger partial charge on any atom is 0.409 e. The van der Waals surface area contributed by atoms with Gasteiger partial charge in [0.05, 0.1) is 17.2 Å². The Morgan fingerprint density at radius 3 is 1.63 bits per heavy atom. The number of fused-ring (bicyclic) bond motifs is 3. The van der Waals surface area contributed by atoms with E-state index in [0.29, 0.717) is 0 Å². The molecule has 10 atom stereocenters. The van der Waals surface area contributed by atoms with Crippen LogP contribution in [0.1, 0.15) is 65.5 Å². The summed E-state index contributed by atoms with van der Waals surface area (Å²) in [5.41, 5.74) is 10.9. The molecule has 4 N–H and O–H groups in total. The number of nitrogens with one attached hydrogen (secondary N) is 2. The van der Waals surface area contributed by atoms with E-state index in [0.717, 1.165) is 43.0 Å². The van der Waals surface area contributed by atoms with Crippen LogP contribution >= 0.6 is 0 Å². The Hall–Kier alpha value is -7.19. The molecule has 0 spiro atoms. The molecular weight excluding hydrogens is 887 g/mol. The summed E-state index contributed by atoms with van der Waals surface area (Å²) in [6.45, 7) is 3.24. The van der Waals surface area contributed by atoms with E-state index in [9.17, 15) is 33.6 Å². The number of benzene rings is 4. The molecule has 19 heteroatoms. The monoisotopic (exact) mass is 937 g/mol. The number of ether oxygens (including phenoxy) is 9. The summed E-state index contributed by atoms with van der Waals surface area (Å²) in [4.78, 5) is 91.4. The van der Waals surface area contributed by atoms with Crippen molar-refractivity contribution < 1.29 is 76.2 Å². The van der Waals surface area contributed by atoms with Gasteiger partial charge in [0.25, 0.3) is 0 Å². The smallest absolute Gasteiger partial charge is 0.409 e. The number of nitrogens with two attached hydrogens (primary N) is 1. The molecule has 68 heavy (non-hydrogen) atoms. The van der Waals surface area contributed by atoms with Crippen LogP contribution in [0.3, 0.4) is 0 Å². The zero-order chi connectivity index (χ0) is 48.5. The molecule has 0 aromatic heterocycles. The second-order valence-electron chi connectivity index (χ2n) is 16.2. The zero-order valence-electron chi connectivity index (χ0n) is 37.5. The molecule has 2 saturated heterocycles. The van der Waals surface area contributed by atoms with Crippen LogP contribution in [0.5, 0.6) is 0 Å². The van der Waals surface area contributed by atoms with Crippen molar-refractivity contribution in [2.75, 3.05) is 19.8 Å². The van der Waals surface area contributed by atoms with Crippen molar-refractivity contribution in [2.45, 2.75) is 94.8 Å². The second kappa shape index (κ2) is 22.1. The number of carbonyl (C=O) groups excluding carboxylic acids is 7. The van der Waals surface area contributed by atoms with Gasteiger partial charge in [0.2, 0.25) is 5.91 Å². The normalized spacial score (nSPS) is 25.0. The summed E-state index contributed by atoms with van der Waals surface area (Å²) >= 11 is 0. The Morgan fingerprint density at radius 1 is 0.529 bits per heavy atom.